The number of ether oxygens (including phenoxy) is 2. The van der Waals surface area contributed by atoms with Gasteiger partial charge in [-0.25, -0.2) is 0 Å². The van der Waals surface area contributed by atoms with Crippen LogP contribution in [0.1, 0.15) is 18.1 Å². The van der Waals surface area contributed by atoms with Gasteiger partial charge >= 0.3 is 0 Å². The van der Waals surface area contributed by atoms with Crippen LogP contribution in [0.25, 0.3) is 0 Å². The van der Waals surface area contributed by atoms with Crippen LogP contribution in [0.15, 0.2) is 66.7 Å². The van der Waals surface area contributed by atoms with Crippen molar-refractivity contribution in [3.63, 3.8) is 0 Å². The summed E-state index contributed by atoms with van der Waals surface area (Å²) < 4.78 is 11.4. The zero-order valence-corrected chi connectivity index (χ0v) is 17.1. The number of hydrogen-bond donors (Lipinski definition) is 2. The smallest absolute Gasteiger partial charge is 0.221 e. The van der Waals surface area contributed by atoms with Crippen molar-refractivity contribution in [2.45, 2.75) is 20.1 Å². The highest BCUT2D eigenvalue weighted by molar-refractivity contribution is 6.31. The van der Waals surface area contributed by atoms with E-state index in [2.05, 4.69) is 10.6 Å². The van der Waals surface area contributed by atoms with Gasteiger partial charge in [-0.05, 0) is 48.0 Å². The van der Waals surface area contributed by atoms with Crippen LogP contribution in [0.3, 0.4) is 0 Å². The molecule has 5 nitrogen and oxygen atoms in total. The molecule has 0 aliphatic heterocycles. The van der Waals surface area contributed by atoms with Crippen LogP contribution in [0.4, 0.5) is 11.4 Å². The number of amides is 1. The molecular formula is C23H23ClN2O3. The maximum absolute atomic E-state index is 11.1. The summed E-state index contributed by atoms with van der Waals surface area (Å²) in [6, 6.07) is 21.0. The van der Waals surface area contributed by atoms with Crippen molar-refractivity contribution < 1.29 is 14.3 Å². The van der Waals surface area contributed by atoms with E-state index < -0.39 is 0 Å². The Morgan fingerprint density at radius 1 is 0.966 bits per heavy atom. The molecule has 150 valence electrons. The van der Waals surface area contributed by atoms with Gasteiger partial charge in [0.1, 0.15) is 6.61 Å². The van der Waals surface area contributed by atoms with E-state index in [9.17, 15) is 4.79 Å². The number of benzene rings is 3. The van der Waals surface area contributed by atoms with Crippen molar-refractivity contribution >= 4 is 28.9 Å². The second-order valence-corrected chi connectivity index (χ2v) is 6.88. The van der Waals surface area contributed by atoms with Gasteiger partial charge in [0.25, 0.3) is 0 Å². The SMILES string of the molecule is COc1cc(CNc2ccc(NC(C)=O)cc2)ccc1OCc1ccccc1Cl. The molecule has 29 heavy (non-hydrogen) atoms. The van der Waals surface area contributed by atoms with E-state index in [1.165, 1.54) is 6.92 Å². The van der Waals surface area contributed by atoms with Crippen LogP contribution in [0.2, 0.25) is 5.02 Å². The highest BCUT2D eigenvalue weighted by Crippen LogP contribution is 2.30. The van der Waals surface area contributed by atoms with Gasteiger partial charge in [0.2, 0.25) is 5.91 Å². The first-order valence-electron chi connectivity index (χ1n) is 9.20. The Hall–Kier alpha value is -3.18. The summed E-state index contributed by atoms with van der Waals surface area (Å²) in [5.74, 6) is 1.24. The lowest BCUT2D eigenvalue weighted by Crippen LogP contribution is -2.06. The average molecular weight is 411 g/mol. The summed E-state index contributed by atoms with van der Waals surface area (Å²) >= 11 is 6.18. The summed E-state index contributed by atoms with van der Waals surface area (Å²) in [5.41, 5.74) is 3.70. The van der Waals surface area contributed by atoms with E-state index in [4.69, 9.17) is 21.1 Å². The van der Waals surface area contributed by atoms with Crippen molar-refractivity contribution in [1.29, 1.82) is 0 Å². The normalized spacial score (nSPS) is 10.3. The van der Waals surface area contributed by atoms with E-state index in [0.29, 0.717) is 29.7 Å². The fourth-order valence-corrected chi connectivity index (χ4v) is 2.98. The molecule has 0 aromatic heterocycles. The van der Waals surface area contributed by atoms with Gasteiger partial charge in [0.15, 0.2) is 11.5 Å². The van der Waals surface area contributed by atoms with Crippen LogP contribution >= 0.6 is 11.6 Å². The number of halogens is 1. The van der Waals surface area contributed by atoms with Crippen molar-refractivity contribution in [3.8, 4) is 11.5 Å². The molecular weight excluding hydrogens is 388 g/mol. The molecule has 0 fully saturated rings. The summed E-state index contributed by atoms with van der Waals surface area (Å²) in [4.78, 5) is 11.1. The van der Waals surface area contributed by atoms with Gasteiger partial charge in [-0.3, -0.25) is 4.79 Å². The molecule has 3 aromatic rings. The van der Waals surface area contributed by atoms with E-state index in [-0.39, 0.29) is 5.91 Å². The van der Waals surface area contributed by atoms with Gasteiger partial charge in [-0.1, -0.05) is 35.9 Å². The number of carbonyl (C=O) groups is 1. The fourth-order valence-electron chi connectivity index (χ4n) is 2.79. The van der Waals surface area contributed by atoms with Crippen molar-refractivity contribution in [2.75, 3.05) is 17.7 Å². The molecule has 0 heterocycles. The lowest BCUT2D eigenvalue weighted by molar-refractivity contribution is -0.114. The second-order valence-electron chi connectivity index (χ2n) is 6.48. The third kappa shape index (κ3) is 5.90. The topological polar surface area (TPSA) is 59.6 Å². The Kier molecular flexibility index (Phi) is 6.98. The molecule has 0 bridgehead atoms. The average Bonchev–Trinajstić information content (AvgIpc) is 2.72. The van der Waals surface area contributed by atoms with Gasteiger partial charge in [-0.15, -0.1) is 0 Å². The number of carbonyl (C=O) groups excluding carboxylic acids is 1. The molecule has 0 saturated heterocycles. The molecule has 0 unspecified atom stereocenters. The molecule has 0 saturated carbocycles. The monoisotopic (exact) mass is 410 g/mol. The molecule has 2 N–H and O–H groups in total. The van der Waals surface area contributed by atoms with Gasteiger partial charge in [0.05, 0.1) is 7.11 Å². The van der Waals surface area contributed by atoms with Gasteiger partial charge in [-0.2, -0.15) is 0 Å². The Balaban J connectivity index is 1.61. The Labute approximate surface area is 175 Å². The van der Waals surface area contributed by atoms with Gasteiger partial charge < -0.3 is 20.1 Å². The maximum atomic E-state index is 11.1. The summed E-state index contributed by atoms with van der Waals surface area (Å²) in [6.45, 7) is 2.48. The zero-order chi connectivity index (χ0) is 20.6. The minimum absolute atomic E-state index is 0.0883. The van der Waals surface area contributed by atoms with Crippen molar-refractivity contribution in [1.82, 2.24) is 0 Å². The van der Waals surface area contributed by atoms with E-state index in [0.717, 1.165) is 22.5 Å². The Bertz CT molecular complexity index is 974. The molecule has 0 atom stereocenters. The summed E-state index contributed by atoms with van der Waals surface area (Å²) in [5, 5.41) is 6.78. The molecule has 3 rings (SSSR count). The third-order valence-electron chi connectivity index (χ3n) is 4.27. The first-order valence-corrected chi connectivity index (χ1v) is 9.57. The Morgan fingerprint density at radius 3 is 2.38 bits per heavy atom. The molecule has 1 amide bonds. The van der Waals surface area contributed by atoms with E-state index in [1.807, 2.05) is 66.7 Å². The largest absolute Gasteiger partial charge is 0.493 e. The number of hydrogen-bond acceptors (Lipinski definition) is 4. The molecule has 3 aromatic carbocycles. The lowest BCUT2D eigenvalue weighted by atomic mass is 10.2. The quantitative estimate of drug-likeness (QED) is 0.515. The standard InChI is InChI=1S/C23H23ClN2O3/c1-16(27)26-20-10-8-19(9-11-20)25-14-17-7-12-22(23(13-17)28-2)29-15-18-5-3-4-6-21(18)24/h3-13,25H,14-15H2,1-2H3,(H,26,27). The van der Waals surface area contributed by atoms with Crippen LogP contribution < -0.4 is 20.1 Å². The van der Waals surface area contributed by atoms with E-state index in [1.54, 1.807) is 7.11 Å². The molecule has 0 aliphatic rings. The summed E-state index contributed by atoms with van der Waals surface area (Å²) in [7, 11) is 1.62. The fraction of sp³-hybridized carbons (Fsp3) is 0.174. The Morgan fingerprint density at radius 2 is 1.69 bits per heavy atom. The first-order chi connectivity index (χ1) is 14.0. The van der Waals surface area contributed by atoms with Crippen LogP contribution in [-0.2, 0) is 17.9 Å². The maximum Gasteiger partial charge on any atom is 0.221 e. The number of rotatable bonds is 8. The van der Waals surface area contributed by atoms with Crippen LogP contribution in [0, 0.1) is 0 Å². The van der Waals surface area contributed by atoms with Crippen molar-refractivity contribution in [3.05, 3.63) is 82.9 Å². The third-order valence-corrected chi connectivity index (χ3v) is 4.64. The second kappa shape index (κ2) is 9.85. The molecule has 0 spiro atoms. The molecule has 0 radical (unpaired) electrons. The minimum atomic E-state index is -0.0883. The predicted octanol–water partition coefficient (Wildman–Crippen LogP) is 5.50. The number of nitrogens with one attached hydrogen (secondary N) is 2. The van der Waals surface area contributed by atoms with Crippen molar-refractivity contribution in [2.24, 2.45) is 0 Å². The zero-order valence-electron chi connectivity index (χ0n) is 16.4. The molecule has 6 heteroatoms. The van der Waals surface area contributed by atoms with Crippen LogP contribution in [-0.4, -0.2) is 13.0 Å². The summed E-state index contributed by atoms with van der Waals surface area (Å²) in [6.07, 6.45) is 0. The van der Waals surface area contributed by atoms with Gasteiger partial charge in [0, 0.05) is 35.4 Å². The highest BCUT2D eigenvalue weighted by Gasteiger charge is 2.08. The lowest BCUT2D eigenvalue weighted by Gasteiger charge is -2.14. The minimum Gasteiger partial charge on any atom is -0.493 e. The molecule has 0 aliphatic carbocycles. The van der Waals surface area contributed by atoms with E-state index >= 15 is 0 Å². The first kappa shape index (κ1) is 20.6. The highest BCUT2D eigenvalue weighted by atomic mass is 35.5. The predicted molar refractivity (Wildman–Crippen MR) is 117 cm³/mol. The van der Waals surface area contributed by atoms with Crippen LogP contribution in [0.5, 0.6) is 11.5 Å². The number of methoxy groups -OCH3 is 1. The number of anilines is 2.